The highest BCUT2D eigenvalue weighted by Gasteiger charge is 2.24. The standard InChI is InChI=1S/C17H15NO3S/c1-10-3-6-13(7-4-10)21-17(20)12-5-8-15-14(9-12)18-16(19)11(2)22-15/h3-9,11H,1-2H3,(H,18,19). The monoisotopic (exact) mass is 313 g/mol. The SMILES string of the molecule is Cc1ccc(OC(=O)c2ccc3c(c2)NC(=O)C(C)S3)cc1. The van der Waals surface area contributed by atoms with Gasteiger partial charge in [0.25, 0.3) is 0 Å². The number of thioether (sulfide) groups is 1. The molecule has 112 valence electrons. The molecule has 0 bridgehead atoms. The quantitative estimate of drug-likeness (QED) is 0.679. The largest absolute Gasteiger partial charge is 0.423 e. The molecule has 0 aliphatic carbocycles. The van der Waals surface area contributed by atoms with E-state index in [1.165, 1.54) is 11.8 Å². The molecule has 2 aromatic carbocycles. The summed E-state index contributed by atoms with van der Waals surface area (Å²) in [5.41, 5.74) is 2.17. The molecule has 0 saturated carbocycles. The minimum atomic E-state index is -0.440. The number of anilines is 1. The predicted octanol–water partition coefficient (Wildman–Crippen LogP) is 3.65. The molecule has 1 amide bonds. The fourth-order valence-corrected chi connectivity index (χ4v) is 3.04. The number of ether oxygens (including phenoxy) is 1. The van der Waals surface area contributed by atoms with E-state index in [9.17, 15) is 9.59 Å². The van der Waals surface area contributed by atoms with Gasteiger partial charge in [-0.3, -0.25) is 4.79 Å². The summed E-state index contributed by atoms with van der Waals surface area (Å²) >= 11 is 1.48. The van der Waals surface area contributed by atoms with Gasteiger partial charge in [0.05, 0.1) is 16.5 Å². The Morgan fingerprint density at radius 1 is 1.18 bits per heavy atom. The van der Waals surface area contributed by atoms with Crippen LogP contribution in [0.25, 0.3) is 0 Å². The lowest BCUT2D eigenvalue weighted by atomic mass is 10.2. The zero-order valence-electron chi connectivity index (χ0n) is 12.3. The summed E-state index contributed by atoms with van der Waals surface area (Å²) < 4.78 is 5.34. The van der Waals surface area contributed by atoms with Crippen LogP contribution in [-0.2, 0) is 4.79 Å². The lowest BCUT2D eigenvalue weighted by molar-refractivity contribution is -0.115. The van der Waals surface area contributed by atoms with Crippen molar-refractivity contribution in [2.24, 2.45) is 0 Å². The number of hydrogen-bond acceptors (Lipinski definition) is 4. The van der Waals surface area contributed by atoms with Crippen LogP contribution in [0.2, 0.25) is 0 Å². The number of carbonyl (C=O) groups is 2. The molecule has 3 rings (SSSR count). The fraction of sp³-hybridized carbons (Fsp3) is 0.176. The first-order valence-corrected chi connectivity index (χ1v) is 7.81. The van der Waals surface area contributed by atoms with Gasteiger partial charge in [0.15, 0.2) is 0 Å². The maximum atomic E-state index is 12.2. The number of amides is 1. The van der Waals surface area contributed by atoms with Crippen LogP contribution in [0.5, 0.6) is 5.75 Å². The van der Waals surface area contributed by atoms with Crippen LogP contribution in [0.1, 0.15) is 22.8 Å². The lowest BCUT2D eigenvalue weighted by Crippen LogP contribution is -2.26. The minimum Gasteiger partial charge on any atom is -0.423 e. The molecule has 1 aliphatic rings. The van der Waals surface area contributed by atoms with Gasteiger partial charge in [-0.25, -0.2) is 4.79 Å². The molecule has 22 heavy (non-hydrogen) atoms. The molecule has 0 spiro atoms. The molecule has 0 fully saturated rings. The molecule has 5 heteroatoms. The Morgan fingerprint density at radius 3 is 2.64 bits per heavy atom. The lowest BCUT2D eigenvalue weighted by Gasteiger charge is -2.21. The molecule has 2 aromatic rings. The molecule has 1 aliphatic heterocycles. The molecule has 0 saturated heterocycles. The van der Waals surface area contributed by atoms with Crippen LogP contribution < -0.4 is 10.1 Å². The van der Waals surface area contributed by atoms with E-state index >= 15 is 0 Å². The Balaban J connectivity index is 1.80. The molecule has 1 N–H and O–H groups in total. The van der Waals surface area contributed by atoms with Gasteiger partial charge in [-0.05, 0) is 44.2 Å². The zero-order chi connectivity index (χ0) is 15.7. The molecule has 0 radical (unpaired) electrons. The van der Waals surface area contributed by atoms with Crippen LogP contribution in [0, 0.1) is 6.92 Å². The highest BCUT2D eigenvalue weighted by molar-refractivity contribution is 8.00. The Kier molecular flexibility index (Phi) is 3.90. The Bertz CT molecular complexity index is 740. The van der Waals surface area contributed by atoms with Gasteiger partial charge < -0.3 is 10.1 Å². The predicted molar refractivity (Wildman–Crippen MR) is 86.5 cm³/mol. The smallest absolute Gasteiger partial charge is 0.343 e. The van der Waals surface area contributed by atoms with Crippen molar-refractivity contribution >= 4 is 29.3 Å². The topological polar surface area (TPSA) is 55.4 Å². The number of fused-ring (bicyclic) bond motifs is 1. The van der Waals surface area contributed by atoms with Crippen molar-refractivity contribution in [2.45, 2.75) is 24.0 Å². The van der Waals surface area contributed by atoms with E-state index in [1.807, 2.05) is 32.0 Å². The van der Waals surface area contributed by atoms with E-state index < -0.39 is 5.97 Å². The first kappa shape index (κ1) is 14.7. The van der Waals surface area contributed by atoms with Gasteiger partial charge >= 0.3 is 5.97 Å². The molecule has 1 atom stereocenters. The average molecular weight is 313 g/mol. The highest BCUT2D eigenvalue weighted by Crippen LogP contribution is 2.36. The summed E-state index contributed by atoms with van der Waals surface area (Å²) in [7, 11) is 0. The first-order chi connectivity index (χ1) is 10.5. The Hall–Kier alpha value is -2.27. The van der Waals surface area contributed by atoms with Crippen molar-refractivity contribution in [3.8, 4) is 5.75 Å². The summed E-state index contributed by atoms with van der Waals surface area (Å²) in [6.07, 6.45) is 0. The van der Waals surface area contributed by atoms with Crippen molar-refractivity contribution < 1.29 is 14.3 Å². The van der Waals surface area contributed by atoms with E-state index in [2.05, 4.69) is 5.32 Å². The van der Waals surface area contributed by atoms with E-state index in [-0.39, 0.29) is 11.2 Å². The van der Waals surface area contributed by atoms with Crippen LogP contribution in [0.4, 0.5) is 5.69 Å². The highest BCUT2D eigenvalue weighted by atomic mass is 32.2. The molecule has 0 aromatic heterocycles. The van der Waals surface area contributed by atoms with Gasteiger partial charge in [-0.1, -0.05) is 17.7 Å². The van der Waals surface area contributed by atoms with Gasteiger partial charge in [-0.15, -0.1) is 11.8 Å². The van der Waals surface area contributed by atoms with Gasteiger partial charge in [0.2, 0.25) is 5.91 Å². The van der Waals surface area contributed by atoms with Crippen molar-refractivity contribution in [3.05, 3.63) is 53.6 Å². The molecule has 1 unspecified atom stereocenters. The van der Waals surface area contributed by atoms with Gasteiger partial charge in [-0.2, -0.15) is 0 Å². The zero-order valence-corrected chi connectivity index (χ0v) is 13.1. The van der Waals surface area contributed by atoms with Crippen LogP contribution in [0.3, 0.4) is 0 Å². The summed E-state index contributed by atoms with van der Waals surface area (Å²) in [5.74, 6) is 0.00595. The molecule has 1 heterocycles. The van der Waals surface area contributed by atoms with E-state index in [0.29, 0.717) is 17.0 Å². The Labute approximate surface area is 132 Å². The van der Waals surface area contributed by atoms with Crippen molar-refractivity contribution in [1.29, 1.82) is 0 Å². The maximum absolute atomic E-state index is 12.2. The maximum Gasteiger partial charge on any atom is 0.343 e. The van der Waals surface area contributed by atoms with Crippen LogP contribution >= 0.6 is 11.8 Å². The number of benzene rings is 2. The minimum absolute atomic E-state index is 0.0541. The second kappa shape index (κ2) is 5.85. The summed E-state index contributed by atoms with van der Waals surface area (Å²) in [5, 5.41) is 2.68. The normalized spacial score (nSPS) is 16.6. The van der Waals surface area contributed by atoms with Crippen molar-refractivity contribution in [1.82, 2.24) is 0 Å². The summed E-state index contributed by atoms with van der Waals surface area (Å²) in [6, 6.07) is 12.5. The number of esters is 1. The van der Waals surface area contributed by atoms with Crippen LogP contribution in [0.15, 0.2) is 47.4 Å². The fourth-order valence-electron chi connectivity index (χ4n) is 2.11. The number of aryl methyl sites for hydroxylation is 1. The molecule has 4 nitrogen and oxygen atoms in total. The summed E-state index contributed by atoms with van der Waals surface area (Å²) in [6.45, 7) is 3.82. The van der Waals surface area contributed by atoms with Crippen molar-refractivity contribution in [2.75, 3.05) is 5.32 Å². The van der Waals surface area contributed by atoms with Gasteiger partial charge in [0, 0.05) is 4.90 Å². The molecular weight excluding hydrogens is 298 g/mol. The Morgan fingerprint density at radius 2 is 1.91 bits per heavy atom. The number of carbonyl (C=O) groups excluding carboxylic acids is 2. The summed E-state index contributed by atoms with van der Waals surface area (Å²) in [4.78, 5) is 24.9. The van der Waals surface area contributed by atoms with E-state index in [0.717, 1.165) is 10.5 Å². The van der Waals surface area contributed by atoms with E-state index in [4.69, 9.17) is 4.74 Å². The number of nitrogens with one attached hydrogen (secondary N) is 1. The third-order valence-electron chi connectivity index (χ3n) is 3.38. The third-order valence-corrected chi connectivity index (χ3v) is 4.56. The first-order valence-electron chi connectivity index (χ1n) is 6.93. The van der Waals surface area contributed by atoms with E-state index in [1.54, 1.807) is 24.3 Å². The van der Waals surface area contributed by atoms with Gasteiger partial charge in [0.1, 0.15) is 5.75 Å². The number of rotatable bonds is 2. The third kappa shape index (κ3) is 2.99. The second-order valence-corrected chi connectivity index (χ2v) is 6.55. The van der Waals surface area contributed by atoms with Crippen LogP contribution in [-0.4, -0.2) is 17.1 Å². The molecular formula is C17H15NO3S. The average Bonchev–Trinajstić information content (AvgIpc) is 2.50. The number of hydrogen-bond donors (Lipinski definition) is 1. The second-order valence-electron chi connectivity index (χ2n) is 5.16. The van der Waals surface area contributed by atoms with Crippen molar-refractivity contribution in [3.63, 3.8) is 0 Å².